The molecule has 180 valence electrons. The summed E-state index contributed by atoms with van der Waals surface area (Å²) in [5.41, 5.74) is 1.95. The summed E-state index contributed by atoms with van der Waals surface area (Å²) >= 11 is 0. The zero-order chi connectivity index (χ0) is 24.1. The van der Waals surface area contributed by atoms with Gasteiger partial charge in [0.25, 0.3) is 5.91 Å². The number of nitrogens with one attached hydrogen (secondary N) is 1. The lowest BCUT2D eigenvalue weighted by molar-refractivity contribution is -0.147. The molecule has 2 atom stereocenters. The summed E-state index contributed by atoms with van der Waals surface area (Å²) in [7, 11) is 1.64. The zero-order valence-electron chi connectivity index (χ0n) is 19.4. The molecule has 0 radical (unpaired) electrons. The molecule has 8 nitrogen and oxygen atoms in total. The molecule has 0 aromatic heterocycles. The van der Waals surface area contributed by atoms with Crippen LogP contribution in [0.4, 0.5) is 11.4 Å². The largest absolute Gasteiger partial charge is 0.497 e. The molecule has 2 fully saturated rings. The zero-order valence-corrected chi connectivity index (χ0v) is 19.4. The number of hydrogen-bond donors (Lipinski definition) is 2. The van der Waals surface area contributed by atoms with Gasteiger partial charge in [0.1, 0.15) is 5.75 Å². The minimum absolute atomic E-state index is 0.135. The number of benzene rings is 2. The Labute approximate surface area is 199 Å². The minimum Gasteiger partial charge on any atom is -0.497 e. The predicted molar refractivity (Wildman–Crippen MR) is 129 cm³/mol. The van der Waals surface area contributed by atoms with Gasteiger partial charge in [0, 0.05) is 31.9 Å². The van der Waals surface area contributed by atoms with Crippen molar-refractivity contribution in [3.63, 3.8) is 0 Å². The summed E-state index contributed by atoms with van der Waals surface area (Å²) in [4.78, 5) is 41.9. The van der Waals surface area contributed by atoms with Crippen molar-refractivity contribution in [1.29, 1.82) is 0 Å². The van der Waals surface area contributed by atoms with Crippen molar-refractivity contribution in [3.8, 4) is 5.75 Å². The number of carboxylic acid groups (broad SMARTS) is 1. The van der Waals surface area contributed by atoms with Crippen molar-refractivity contribution in [2.24, 2.45) is 11.8 Å². The Hall–Kier alpha value is -3.55. The normalized spacial score (nSPS) is 20.5. The minimum atomic E-state index is -0.932. The number of aliphatic carboxylic acids is 1. The van der Waals surface area contributed by atoms with E-state index in [1.165, 1.54) is 0 Å². The summed E-state index contributed by atoms with van der Waals surface area (Å²) < 4.78 is 5.22. The van der Waals surface area contributed by atoms with Gasteiger partial charge in [-0.3, -0.25) is 14.4 Å². The van der Waals surface area contributed by atoms with Crippen LogP contribution < -0.4 is 15.0 Å². The van der Waals surface area contributed by atoms with Crippen LogP contribution in [0.3, 0.4) is 0 Å². The first-order valence-corrected chi connectivity index (χ1v) is 11.8. The Bertz CT molecular complexity index is 1030. The van der Waals surface area contributed by atoms with Crippen molar-refractivity contribution >= 4 is 29.2 Å². The summed E-state index contributed by atoms with van der Waals surface area (Å²) in [6, 6.07) is 14.8. The number of para-hydroxylation sites is 1. The number of piperazine rings is 1. The lowest BCUT2D eigenvalue weighted by Crippen LogP contribution is -2.49. The second-order valence-electron chi connectivity index (χ2n) is 8.85. The van der Waals surface area contributed by atoms with Crippen molar-refractivity contribution in [3.05, 3.63) is 54.1 Å². The SMILES string of the molecule is COc1ccc(N2CCN(C(=O)c3ccccc3NC(=O)[C@H]3CCCC[C@H]3C(=O)O)CC2)cc1. The molecule has 2 amide bonds. The van der Waals surface area contributed by atoms with Crippen LogP contribution in [0.2, 0.25) is 0 Å². The van der Waals surface area contributed by atoms with E-state index in [0.29, 0.717) is 50.3 Å². The monoisotopic (exact) mass is 465 g/mol. The molecule has 2 aliphatic rings. The van der Waals surface area contributed by atoms with Gasteiger partial charge in [-0.25, -0.2) is 0 Å². The average molecular weight is 466 g/mol. The first-order chi connectivity index (χ1) is 16.5. The maximum atomic E-state index is 13.3. The highest BCUT2D eigenvalue weighted by Crippen LogP contribution is 2.32. The van der Waals surface area contributed by atoms with Gasteiger partial charge in [-0.05, 0) is 49.2 Å². The molecule has 2 aromatic rings. The van der Waals surface area contributed by atoms with E-state index >= 15 is 0 Å². The van der Waals surface area contributed by atoms with Crippen LogP contribution in [-0.2, 0) is 9.59 Å². The van der Waals surface area contributed by atoms with E-state index < -0.39 is 17.8 Å². The molecule has 1 saturated carbocycles. The number of ether oxygens (including phenoxy) is 1. The second kappa shape index (κ2) is 10.6. The molecule has 1 saturated heterocycles. The summed E-state index contributed by atoms with van der Waals surface area (Å²) in [5, 5.41) is 12.4. The maximum absolute atomic E-state index is 13.3. The van der Waals surface area contributed by atoms with Crippen LogP contribution in [0.1, 0.15) is 36.0 Å². The fourth-order valence-electron chi connectivity index (χ4n) is 4.88. The van der Waals surface area contributed by atoms with E-state index in [0.717, 1.165) is 24.3 Å². The Kier molecular flexibility index (Phi) is 7.35. The highest BCUT2D eigenvalue weighted by atomic mass is 16.5. The lowest BCUT2D eigenvalue weighted by atomic mass is 9.78. The molecule has 2 aromatic carbocycles. The molecule has 1 heterocycles. The van der Waals surface area contributed by atoms with Gasteiger partial charge in [-0.1, -0.05) is 25.0 Å². The number of hydrogen-bond acceptors (Lipinski definition) is 5. The molecule has 8 heteroatoms. The van der Waals surface area contributed by atoms with E-state index in [4.69, 9.17) is 4.74 Å². The molecule has 4 rings (SSSR count). The van der Waals surface area contributed by atoms with Crippen LogP contribution in [0.5, 0.6) is 5.75 Å². The van der Waals surface area contributed by atoms with Crippen molar-refractivity contribution in [1.82, 2.24) is 4.90 Å². The predicted octanol–water partition coefficient (Wildman–Crippen LogP) is 3.49. The Morgan fingerprint density at radius 1 is 0.912 bits per heavy atom. The summed E-state index contributed by atoms with van der Waals surface area (Å²) in [5.74, 6) is -1.84. The number of anilines is 2. The van der Waals surface area contributed by atoms with Gasteiger partial charge in [-0.15, -0.1) is 0 Å². The van der Waals surface area contributed by atoms with Gasteiger partial charge in [0.2, 0.25) is 5.91 Å². The molecular weight excluding hydrogens is 434 g/mol. The molecule has 1 aliphatic carbocycles. The van der Waals surface area contributed by atoms with Crippen LogP contribution in [0.15, 0.2) is 48.5 Å². The van der Waals surface area contributed by atoms with Crippen molar-refractivity contribution in [2.75, 3.05) is 43.5 Å². The molecule has 2 N–H and O–H groups in total. The smallest absolute Gasteiger partial charge is 0.307 e. The molecule has 0 bridgehead atoms. The topological polar surface area (TPSA) is 99.2 Å². The summed E-state index contributed by atoms with van der Waals surface area (Å²) in [6.45, 7) is 2.54. The van der Waals surface area contributed by atoms with Gasteiger partial charge >= 0.3 is 5.97 Å². The maximum Gasteiger partial charge on any atom is 0.307 e. The van der Waals surface area contributed by atoms with E-state index in [1.54, 1.807) is 36.3 Å². The third-order valence-electron chi connectivity index (χ3n) is 6.84. The number of nitrogens with zero attached hydrogens (tertiary/aromatic N) is 2. The first-order valence-electron chi connectivity index (χ1n) is 11.8. The lowest BCUT2D eigenvalue weighted by Gasteiger charge is -2.36. The van der Waals surface area contributed by atoms with Crippen molar-refractivity contribution < 1.29 is 24.2 Å². The van der Waals surface area contributed by atoms with E-state index in [2.05, 4.69) is 10.2 Å². The Morgan fingerprint density at radius 2 is 1.56 bits per heavy atom. The van der Waals surface area contributed by atoms with Crippen LogP contribution in [-0.4, -0.2) is 61.1 Å². The quantitative estimate of drug-likeness (QED) is 0.678. The number of amides is 2. The number of methoxy groups -OCH3 is 1. The van der Waals surface area contributed by atoms with Crippen LogP contribution in [0, 0.1) is 11.8 Å². The number of rotatable bonds is 6. The third-order valence-corrected chi connectivity index (χ3v) is 6.84. The van der Waals surface area contributed by atoms with Crippen LogP contribution >= 0.6 is 0 Å². The molecular formula is C26H31N3O5. The molecule has 0 unspecified atom stereocenters. The number of carboxylic acids is 1. The molecule has 0 spiro atoms. The van der Waals surface area contributed by atoms with Crippen molar-refractivity contribution in [2.45, 2.75) is 25.7 Å². The summed E-state index contributed by atoms with van der Waals surface area (Å²) in [6.07, 6.45) is 2.71. The Balaban J connectivity index is 1.41. The average Bonchev–Trinajstić information content (AvgIpc) is 2.88. The number of carbonyl (C=O) groups excluding carboxylic acids is 2. The Morgan fingerprint density at radius 3 is 2.21 bits per heavy atom. The standard InChI is InChI=1S/C26H31N3O5/c1-34-19-12-10-18(11-13-19)28-14-16-29(17-15-28)25(31)22-8-4-5-9-23(22)27-24(30)20-6-2-3-7-21(20)26(32)33/h4-5,8-13,20-21H,2-3,6-7,14-17H2,1H3,(H,27,30)(H,32,33)/t20-,21+/m0/s1. The fraction of sp³-hybridized carbons (Fsp3) is 0.423. The highest BCUT2D eigenvalue weighted by molar-refractivity contribution is 6.04. The van der Waals surface area contributed by atoms with Gasteiger partial charge in [0.15, 0.2) is 0 Å². The highest BCUT2D eigenvalue weighted by Gasteiger charge is 2.36. The van der Waals surface area contributed by atoms with Gasteiger partial charge in [-0.2, -0.15) is 0 Å². The van der Waals surface area contributed by atoms with E-state index in [9.17, 15) is 19.5 Å². The first kappa shape index (κ1) is 23.6. The van der Waals surface area contributed by atoms with Gasteiger partial charge < -0.3 is 25.0 Å². The molecule has 34 heavy (non-hydrogen) atoms. The van der Waals surface area contributed by atoms with Gasteiger partial charge in [0.05, 0.1) is 30.2 Å². The number of carbonyl (C=O) groups is 3. The van der Waals surface area contributed by atoms with E-state index in [-0.39, 0.29) is 11.8 Å². The third kappa shape index (κ3) is 5.16. The second-order valence-corrected chi connectivity index (χ2v) is 8.85. The van der Waals surface area contributed by atoms with E-state index in [1.807, 2.05) is 24.3 Å². The van der Waals surface area contributed by atoms with Crippen LogP contribution in [0.25, 0.3) is 0 Å². The fourth-order valence-corrected chi connectivity index (χ4v) is 4.88. The molecule has 1 aliphatic heterocycles.